The molecule has 2 unspecified atom stereocenters. The smallest absolute Gasteiger partial charge is 0.318 e. The Labute approximate surface area is 83.0 Å². The van der Waals surface area contributed by atoms with Gasteiger partial charge in [-0.3, -0.25) is 9.59 Å². The van der Waals surface area contributed by atoms with E-state index in [1.165, 1.54) is 7.11 Å². The van der Waals surface area contributed by atoms with E-state index in [1.807, 2.05) is 0 Å². The zero-order valence-electron chi connectivity index (χ0n) is 8.29. The summed E-state index contributed by atoms with van der Waals surface area (Å²) < 4.78 is 4.67. The van der Waals surface area contributed by atoms with Crippen molar-refractivity contribution < 1.29 is 14.3 Å². The molecule has 0 radical (unpaired) electrons. The molecule has 4 nitrogen and oxygen atoms in total. The Hall–Kier alpha value is -1.06. The molecule has 2 rings (SSSR count). The standard InChI is InChI=1S/C10H15NO3/c1-14-10(13)8-7(6-2-3-6)4-5-11-9(8)12/h6-8H,2-5H2,1H3,(H,11,12). The van der Waals surface area contributed by atoms with Crippen molar-refractivity contribution in [3.8, 4) is 0 Å². The Kier molecular flexibility index (Phi) is 2.44. The lowest BCUT2D eigenvalue weighted by molar-refractivity contribution is -0.154. The van der Waals surface area contributed by atoms with E-state index in [0.29, 0.717) is 12.5 Å². The van der Waals surface area contributed by atoms with Crippen LogP contribution in [0.5, 0.6) is 0 Å². The molecule has 1 aliphatic carbocycles. The number of methoxy groups -OCH3 is 1. The summed E-state index contributed by atoms with van der Waals surface area (Å²) in [5.74, 6) is -0.290. The fraction of sp³-hybridized carbons (Fsp3) is 0.800. The van der Waals surface area contributed by atoms with E-state index >= 15 is 0 Å². The summed E-state index contributed by atoms with van der Waals surface area (Å²) >= 11 is 0. The van der Waals surface area contributed by atoms with Crippen LogP contribution in [0.1, 0.15) is 19.3 Å². The van der Waals surface area contributed by atoms with E-state index in [1.54, 1.807) is 0 Å². The van der Waals surface area contributed by atoms with Gasteiger partial charge in [0.15, 0.2) is 0 Å². The van der Waals surface area contributed by atoms with Gasteiger partial charge in [-0.2, -0.15) is 0 Å². The van der Waals surface area contributed by atoms with Gasteiger partial charge in [0.05, 0.1) is 7.11 Å². The van der Waals surface area contributed by atoms with Crippen molar-refractivity contribution >= 4 is 11.9 Å². The quantitative estimate of drug-likeness (QED) is 0.512. The van der Waals surface area contributed by atoms with Crippen molar-refractivity contribution in [2.75, 3.05) is 13.7 Å². The van der Waals surface area contributed by atoms with Gasteiger partial charge in [0, 0.05) is 6.54 Å². The molecule has 0 spiro atoms. The Morgan fingerprint density at radius 1 is 1.43 bits per heavy atom. The van der Waals surface area contributed by atoms with Gasteiger partial charge in [-0.25, -0.2) is 0 Å². The molecule has 4 heteroatoms. The summed E-state index contributed by atoms with van der Waals surface area (Å²) in [6.07, 6.45) is 3.23. The maximum absolute atomic E-state index is 11.5. The number of nitrogens with one attached hydrogen (secondary N) is 1. The van der Waals surface area contributed by atoms with Gasteiger partial charge in [0.1, 0.15) is 5.92 Å². The van der Waals surface area contributed by atoms with Gasteiger partial charge < -0.3 is 10.1 Å². The molecule has 0 aromatic heterocycles. The molecule has 1 amide bonds. The largest absolute Gasteiger partial charge is 0.468 e. The lowest BCUT2D eigenvalue weighted by atomic mass is 9.82. The summed E-state index contributed by atoms with van der Waals surface area (Å²) in [5.41, 5.74) is 0. The highest BCUT2D eigenvalue weighted by Crippen LogP contribution is 2.43. The van der Waals surface area contributed by atoms with Crippen molar-refractivity contribution in [1.82, 2.24) is 5.32 Å². The van der Waals surface area contributed by atoms with Crippen LogP contribution < -0.4 is 5.32 Å². The van der Waals surface area contributed by atoms with Crippen molar-refractivity contribution in [1.29, 1.82) is 0 Å². The Bertz CT molecular complexity index is 252. The first-order chi connectivity index (χ1) is 6.74. The number of carbonyl (C=O) groups is 2. The van der Waals surface area contributed by atoms with E-state index in [2.05, 4.69) is 10.1 Å². The second-order valence-corrected chi connectivity index (χ2v) is 4.08. The Morgan fingerprint density at radius 3 is 2.71 bits per heavy atom. The Balaban J connectivity index is 2.11. The minimum absolute atomic E-state index is 0.153. The number of amides is 1. The number of hydrogen-bond acceptors (Lipinski definition) is 3. The van der Waals surface area contributed by atoms with E-state index in [0.717, 1.165) is 19.3 Å². The lowest BCUT2D eigenvalue weighted by Crippen LogP contribution is -2.47. The van der Waals surface area contributed by atoms with Gasteiger partial charge in [-0.05, 0) is 31.1 Å². The minimum Gasteiger partial charge on any atom is -0.468 e. The third kappa shape index (κ3) is 1.61. The molecule has 1 heterocycles. The molecule has 2 atom stereocenters. The molecule has 1 N–H and O–H groups in total. The maximum Gasteiger partial charge on any atom is 0.318 e. The monoisotopic (exact) mass is 197 g/mol. The average Bonchev–Trinajstić information content (AvgIpc) is 2.99. The number of hydrogen-bond donors (Lipinski definition) is 1. The van der Waals surface area contributed by atoms with Gasteiger partial charge in [0.2, 0.25) is 5.91 Å². The predicted octanol–water partition coefficient (Wildman–Crippen LogP) is 0.322. The fourth-order valence-electron chi connectivity index (χ4n) is 2.27. The molecule has 2 fully saturated rings. The highest BCUT2D eigenvalue weighted by molar-refractivity contribution is 5.98. The third-order valence-electron chi connectivity index (χ3n) is 3.17. The van der Waals surface area contributed by atoms with Crippen LogP contribution in [0.4, 0.5) is 0 Å². The molecule has 1 aliphatic heterocycles. The van der Waals surface area contributed by atoms with Crippen molar-refractivity contribution in [2.45, 2.75) is 19.3 Å². The minimum atomic E-state index is -0.554. The average molecular weight is 197 g/mol. The molecule has 1 saturated carbocycles. The normalized spacial score (nSPS) is 32.2. The van der Waals surface area contributed by atoms with Gasteiger partial charge >= 0.3 is 5.97 Å². The molecular weight excluding hydrogens is 182 g/mol. The second-order valence-electron chi connectivity index (χ2n) is 4.08. The van der Waals surface area contributed by atoms with Crippen LogP contribution in [-0.4, -0.2) is 25.5 Å². The van der Waals surface area contributed by atoms with E-state index in [9.17, 15) is 9.59 Å². The van der Waals surface area contributed by atoms with Crippen molar-refractivity contribution in [3.05, 3.63) is 0 Å². The first-order valence-corrected chi connectivity index (χ1v) is 5.09. The summed E-state index contributed by atoms with van der Waals surface area (Å²) in [6, 6.07) is 0. The zero-order valence-corrected chi connectivity index (χ0v) is 8.29. The van der Waals surface area contributed by atoms with Crippen LogP contribution in [0.15, 0.2) is 0 Å². The number of carbonyl (C=O) groups excluding carboxylic acids is 2. The highest BCUT2D eigenvalue weighted by atomic mass is 16.5. The van der Waals surface area contributed by atoms with Crippen molar-refractivity contribution in [2.24, 2.45) is 17.8 Å². The van der Waals surface area contributed by atoms with Gasteiger partial charge in [0.25, 0.3) is 0 Å². The molecule has 1 saturated heterocycles. The number of ether oxygens (including phenoxy) is 1. The predicted molar refractivity (Wildman–Crippen MR) is 49.3 cm³/mol. The maximum atomic E-state index is 11.5. The summed E-state index contributed by atoms with van der Waals surface area (Å²) in [5, 5.41) is 2.72. The van der Waals surface area contributed by atoms with Crippen LogP contribution in [0.25, 0.3) is 0 Å². The summed E-state index contributed by atoms with van der Waals surface area (Å²) in [7, 11) is 1.34. The lowest BCUT2D eigenvalue weighted by Gasteiger charge is -2.29. The van der Waals surface area contributed by atoms with Gasteiger partial charge in [-0.15, -0.1) is 0 Å². The van der Waals surface area contributed by atoms with Gasteiger partial charge in [-0.1, -0.05) is 0 Å². The van der Waals surface area contributed by atoms with Crippen molar-refractivity contribution in [3.63, 3.8) is 0 Å². The zero-order chi connectivity index (χ0) is 10.1. The van der Waals surface area contributed by atoms with E-state index < -0.39 is 5.92 Å². The summed E-state index contributed by atoms with van der Waals surface area (Å²) in [6.45, 7) is 0.702. The first kappa shape index (κ1) is 9.49. The van der Waals surface area contributed by atoms with Crippen LogP contribution in [0.2, 0.25) is 0 Å². The number of esters is 1. The molecule has 2 aliphatic rings. The fourth-order valence-corrected chi connectivity index (χ4v) is 2.27. The first-order valence-electron chi connectivity index (χ1n) is 5.09. The van der Waals surface area contributed by atoms with Crippen LogP contribution >= 0.6 is 0 Å². The molecule has 78 valence electrons. The Morgan fingerprint density at radius 2 is 2.14 bits per heavy atom. The third-order valence-corrected chi connectivity index (χ3v) is 3.17. The van der Waals surface area contributed by atoms with E-state index in [-0.39, 0.29) is 17.8 Å². The number of piperidine rings is 1. The number of rotatable bonds is 2. The molecular formula is C10H15NO3. The molecule has 14 heavy (non-hydrogen) atoms. The van der Waals surface area contributed by atoms with E-state index in [4.69, 9.17) is 0 Å². The van der Waals surface area contributed by atoms with Crippen LogP contribution in [-0.2, 0) is 14.3 Å². The summed E-state index contributed by atoms with van der Waals surface area (Å²) in [4.78, 5) is 23.0. The molecule has 0 aromatic rings. The highest BCUT2D eigenvalue weighted by Gasteiger charge is 2.45. The second kappa shape index (κ2) is 3.59. The SMILES string of the molecule is COC(=O)C1C(=O)NCCC1C1CC1. The van der Waals surface area contributed by atoms with Crippen LogP contribution in [0, 0.1) is 17.8 Å². The topological polar surface area (TPSA) is 55.4 Å². The van der Waals surface area contributed by atoms with Crippen LogP contribution in [0.3, 0.4) is 0 Å². The molecule has 0 bridgehead atoms. The molecule has 0 aromatic carbocycles.